The third-order valence-electron chi connectivity index (χ3n) is 3.42. The Kier molecular flexibility index (Phi) is 11.4. The minimum Gasteiger partial charge on any atom is -0.355 e. The van der Waals surface area contributed by atoms with Crippen molar-refractivity contribution >= 4 is 5.91 Å². The van der Waals surface area contributed by atoms with E-state index in [0.29, 0.717) is 6.54 Å². The lowest BCUT2D eigenvalue weighted by atomic mass is 9.96. The zero-order chi connectivity index (χ0) is 14.5. The molecule has 0 aliphatic carbocycles. The van der Waals surface area contributed by atoms with Crippen molar-refractivity contribution < 1.29 is 4.79 Å². The van der Waals surface area contributed by atoms with E-state index >= 15 is 0 Å². The molecule has 0 fully saturated rings. The van der Waals surface area contributed by atoms with Crippen LogP contribution in [0.4, 0.5) is 0 Å². The van der Waals surface area contributed by atoms with Crippen molar-refractivity contribution in [3.8, 4) is 6.07 Å². The van der Waals surface area contributed by atoms with Crippen molar-refractivity contribution in [2.45, 2.75) is 72.1 Å². The van der Waals surface area contributed by atoms with Crippen molar-refractivity contribution in [2.24, 2.45) is 11.8 Å². The van der Waals surface area contributed by atoms with E-state index in [-0.39, 0.29) is 11.8 Å². The Hall–Kier alpha value is -1.04. The lowest BCUT2D eigenvalue weighted by Crippen LogP contribution is -2.33. The van der Waals surface area contributed by atoms with Crippen LogP contribution in [0, 0.1) is 23.2 Å². The molecule has 0 aliphatic heterocycles. The van der Waals surface area contributed by atoms with Gasteiger partial charge in [-0.05, 0) is 12.3 Å². The van der Waals surface area contributed by atoms with Gasteiger partial charge in [0.15, 0.2) is 0 Å². The summed E-state index contributed by atoms with van der Waals surface area (Å²) in [6.45, 7) is 6.75. The predicted octanol–water partition coefficient (Wildman–Crippen LogP) is 4.04. The summed E-state index contributed by atoms with van der Waals surface area (Å²) < 4.78 is 0. The molecule has 0 radical (unpaired) electrons. The molecule has 0 aliphatic rings. The van der Waals surface area contributed by atoms with E-state index in [1.165, 1.54) is 44.9 Å². The molecule has 3 nitrogen and oxygen atoms in total. The summed E-state index contributed by atoms with van der Waals surface area (Å²) in [5.74, 6) is -0.530. The third kappa shape index (κ3) is 9.53. The van der Waals surface area contributed by atoms with E-state index in [0.717, 1.165) is 6.42 Å². The maximum absolute atomic E-state index is 11.7. The summed E-state index contributed by atoms with van der Waals surface area (Å²) in [5, 5.41) is 11.8. The first-order valence-corrected chi connectivity index (χ1v) is 7.80. The molecule has 0 aromatic heterocycles. The second-order valence-electron chi connectivity index (χ2n) is 5.62. The van der Waals surface area contributed by atoms with E-state index in [9.17, 15) is 4.79 Å². The van der Waals surface area contributed by atoms with Gasteiger partial charge in [-0.1, -0.05) is 65.7 Å². The number of nitrogens with zero attached hydrogens (tertiary/aromatic N) is 1. The fourth-order valence-corrected chi connectivity index (χ4v) is 2.09. The number of nitrogens with one attached hydrogen (secondary N) is 1. The van der Waals surface area contributed by atoms with Crippen molar-refractivity contribution in [3.63, 3.8) is 0 Å². The van der Waals surface area contributed by atoms with Gasteiger partial charge in [0.2, 0.25) is 5.91 Å². The average Bonchev–Trinajstić information content (AvgIpc) is 2.37. The van der Waals surface area contributed by atoms with Gasteiger partial charge < -0.3 is 5.32 Å². The fourth-order valence-electron chi connectivity index (χ4n) is 2.09. The lowest BCUT2D eigenvalue weighted by molar-refractivity contribution is -0.124. The number of rotatable bonds is 11. The lowest BCUT2D eigenvalue weighted by Gasteiger charge is -2.12. The molecule has 0 rings (SSSR count). The second kappa shape index (κ2) is 12.0. The molecule has 0 spiro atoms. The fraction of sp³-hybridized carbons (Fsp3) is 0.875. The van der Waals surface area contributed by atoms with Crippen molar-refractivity contribution in [1.29, 1.82) is 5.26 Å². The second-order valence-corrected chi connectivity index (χ2v) is 5.62. The molecule has 1 unspecified atom stereocenters. The molecule has 0 bridgehead atoms. The summed E-state index contributed by atoms with van der Waals surface area (Å²) >= 11 is 0. The highest BCUT2D eigenvalue weighted by Gasteiger charge is 2.20. The molecule has 0 saturated carbocycles. The number of hydrogen-bond donors (Lipinski definition) is 1. The van der Waals surface area contributed by atoms with Crippen molar-refractivity contribution in [3.05, 3.63) is 0 Å². The molecule has 0 heterocycles. The first kappa shape index (κ1) is 18.0. The Balaban J connectivity index is 3.44. The Morgan fingerprint density at radius 2 is 1.58 bits per heavy atom. The van der Waals surface area contributed by atoms with Crippen LogP contribution in [0.25, 0.3) is 0 Å². The van der Waals surface area contributed by atoms with Gasteiger partial charge in [-0.2, -0.15) is 5.26 Å². The quantitative estimate of drug-likeness (QED) is 0.574. The normalized spacial score (nSPS) is 12.2. The summed E-state index contributed by atoms with van der Waals surface area (Å²) in [6.07, 6.45) is 10.1. The van der Waals surface area contributed by atoms with E-state index in [2.05, 4.69) is 18.3 Å². The third-order valence-corrected chi connectivity index (χ3v) is 3.42. The van der Waals surface area contributed by atoms with E-state index in [1.807, 2.05) is 13.8 Å². The van der Waals surface area contributed by atoms with Crippen LogP contribution in [0.3, 0.4) is 0 Å². The summed E-state index contributed by atoms with van der Waals surface area (Å²) in [7, 11) is 0. The van der Waals surface area contributed by atoms with Gasteiger partial charge in [-0.15, -0.1) is 0 Å². The molecule has 1 amide bonds. The van der Waals surface area contributed by atoms with Gasteiger partial charge in [-0.25, -0.2) is 0 Å². The van der Waals surface area contributed by atoms with E-state index < -0.39 is 5.92 Å². The number of amides is 1. The van der Waals surface area contributed by atoms with Crippen LogP contribution in [-0.4, -0.2) is 12.5 Å². The minimum atomic E-state index is -0.506. The minimum absolute atomic E-state index is 0.0866. The summed E-state index contributed by atoms with van der Waals surface area (Å²) in [4.78, 5) is 11.7. The molecule has 3 heteroatoms. The molecule has 0 aromatic carbocycles. The van der Waals surface area contributed by atoms with Gasteiger partial charge in [0.25, 0.3) is 0 Å². The number of unbranched alkanes of at least 4 members (excludes halogenated alkanes) is 7. The maximum atomic E-state index is 11.7. The first-order chi connectivity index (χ1) is 9.13. The van der Waals surface area contributed by atoms with E-state index in [4.69, 9.17) is 5.26 Å². The highest BCUT2D eigenvalue weighted by molar-refractivity contribution is 5.81. The molecular weight excluding hydrogens is 236 g/mol. The molecular formula is C16H30N2O. The van der Waals surface area contributed by atoms with Gasteiger partial charge in [-0.3, -0.25) is 4.79 Å². The van der Waals surface area contributed by atoms with Gasteiger partial charge in [0.05, 0.1) is 6.07 Å². The van der Waals surface area contributed by atoms with Crippen LogP contribution in [-0.2, 0) is 4.79 Å². The molecule has 1 N–H and O–H groups in total. The Labute approximate surface area is 118 Å². The van der Waals surface area contributed by atoms with Crippen LogP contribution in [0.2, 0.25) is 0 Å². The average molecular weight is 266 g/mol. The highest BCUT2D eigenvalue weighted by Crippen LogP contribution is 2.10. The zero-order valence-corrected chi connectivity index (χ0v) is 12.9. The van der Waals surface area contributed by atoms with Gasteiger partial charge in [0, 0.05) is 6.54 Å². The predicted molar refractivity (Wildman–Crippen MR) is 79.6 cm³/mol. The highest BCUT2D eigenvalue weighted by atomic mass is 16.1. The van der Waals surface area contributed by atoms with Crippen molar-refractivity contribution in [2.75, 3.05) is 6.54 Å². The standard InChI is InChI=1S/C16H30N2O/c1-4-5-6-7-8-9-10-11-12-18-16(19)15(13-17)14(2)3/h14-15H,4-12H2,1-3H3,(H,18,19). The topological polar surface area (TPSA) is 52.9 Å². The molecule has 0 saturated heterocycles. The Bertz CT molecular complexity index is 268. The summed E-state index contributed by atoms with van der Waals surface area (Å²) in [5.41, 5.74) is 0. The van der Waals surface area contributed by atoms with Crippen LogP contribution in [0.1, 0.15) is 72.1 Å². The molecule has 0 aromatic rings. The van der Waals surface area contributed by atoms with Crippen LogP contribution < -0.4 is 5.32 Å². The van der Waals surface area contributed by atoms with Crippen LogP contribution >= 0.6 is 0 Å². The number of carbonyl (C=O) groups excluding carboxylic acids is 1. The molecule has 110 valence electrons. The monoisotopic (exact) mass is 266 g/mol. The number of hydrogen-bond acceptors (Lipinski definition) is 2. The molecule has 1 atom stereocenters. The summed E-state index contributed by atoms with van der Waals surface area (Å²) in [6, 6.07) is 2.07. The number of carbonyl (C=O) groups is 1. The van der Waals surface area contributed by atoms with Gasteiger partial charge >= 0.3 is 0 Å². The SMILES string of the molecule is CCCCCCCCCCNC(=O)C(C#N)C(C)C. The maximum Gasteiger partial charge on any atom is 0.237 e. The van der Waals surface area contributed by atoms with Crippen LogP contribution in [0.15, 0.2) is 0 Å². The van der Waals surface area contributed by atoms with E-state index in [1.54, 1.807) is 0 Å². The first-order valence-electron chi connectivity index (χ1n) is 7.80. The Morgan fingerprint density at radius 3 is 2.05 bits per heavy atom. The van der Waals surface area contributed by atoms with Crippen molar-refractivity contribution in [1.82, 2.24) is 5.32 Å². The largest absolute Gasteiger partial charge is 0.355 e. The van der Waals surface area contributed by atoms with Crippen LogP contribution in [0.5, 0.6) is 0 Å². The zero-order valence-electron chi connectivity index (χ0n) is 12.9. The smallest absolute Gasteiger partial charge is 0.237 e. The Morgan fingerprint density at radius 1 is 1.05 bits per heavy atom. The number of nitriles is 1. The molecule has 19 heavy (non-hydrogen) atoms. The van der Waals surface area contributed by atoms with Gasteiger partial charge in [0.1, 0.15) is 5.92 Å².